The summed E-state index contributed by atoms with van der Waals surface area (Å²) in [6, 6.07) is 8.02. The third-order valence-corrected chi connectivity index (χ3v) is 8.80. The largest absolute Gasteiger partial charge is 0.488 e. The second kappa shape index (κ2) is 10.0. The monoisotopic (exact) mass is 584 g/mol. The standard InChI is InChI=1S/C23H19ClF6N2O3S2/c1-32-9-8-14(12-32)35-19-10-13(6-7-18(19)23(28,29)30)31-37(33,34)21-16(11-20(24)36-21)15-4-2-3-5-17(15)22(25,26)27/h2-7,10-11,14,31H,8-9,12H2,1H3/t14-/m1/s1. The zero-order valence-corrected chi connectivity index (χ0v) is 21.3. The smallest absolute Gasteiger partial charge is 0.419 e. The minimum absolute atomic E-state index is 0.0888. The van der Waals surface area contributed by atoms with Gasteiger partial charge in [-0.15, -0.1) is 11.3 Å². The van der Waals surface area contributed by atoms with E-state index in [9.17, 15) is 34.8 Å². The predicted molar refractivity (Wildman–Crippen MR) is 129 cm³/mol. The van der Waals surface area contributed by atoms with Gasteiger partial charge >= 0.3 is 12.4 Å². The van der Waals surface area contributed by atoms with E-state index in [4.69, 9.17) is 16.3 Å². The fourth-order valence-corrected chi connectivity index (χ4v) is 6.92. The first-order valence-corrected chi connectivity index (χ1v) is 13.4. The van der Waals surface area contributed by atoms with E-state index >= 15 is 0 Å². The van der Waals surface area contributed by atoms with Crippen LogP contribution in [0, 0.1) is 0 Å². The van der Waals surface area contributed by atoms with Crippen molar-refractivity contribution in [2.75, 3.05) is 24.9 Å². The van der Waals surface area contributed by atoms with Gasteiger partial charge in [0, 0.05) is 24.7 Å². The quantitative estimate of drug-likeness (QED) is 0.317. The molecular weight excluding hydrogens is 566 g/mol. The maximum atomic E-state index is 13.6. The molecule has 0 spiro atoms. The van der Waals surface area contributed by atoms with E-state index in [0.29, 0.717) is 36.9 Å². The molecule has 0 saturated carbocycles. The van der Waals surface area contributed by atoms with Gasteiger partial charge in [0.2, 0.25) is 0 Å². The van der Waals surface area contributed by atoms with E-state index < -0.39 is 55.1 Å². The fourth-order valence-electron chi connectivity index (χ4n) is 3.99. The molecule has 0 bridgehead atoms. The van der Waals surface area contributed by atoms with Gasteiger partial charge in [0.25, 0.3) is 10.0 Å². The molecule has 1 aliphatic heterocycles. The maximum Gasteiger partial charge on any atom is 0.419 e. The van der Waals surface area contributed by atoms with Crippen molar-refractivity contribution in [3.63, 3.8) is 0 Å². The molecule has 0 radical (unpaired) electrons. The highest BCUT2D eigenvalue weighted by Gasteiger charge is 2.37. The summed E-state index contributed by atoms with van der Waals surface area (Å²) >= 11 is 6.51. The summed E-state index contributed by atoms with van der Waals surface area (Å²) in [4.78, 5) is 1.88. The highest BCUT2D eigenvalue weighted by molar-refractivity contribution is 7.94. The van der Waals surface area contributed by atoms with Crippen molar-refractivity contribution in [1.29, 1.82) is 0 Å². The number of hydrogen-bond acceptors (Lipinski definition) is 5. The van der Waals surface area contributed by atoms with Crippen LogP contribution in [0.25, 0.3) is 11.1 Å². The second-order valence-electron chi connectivity index (χ2n) is 8.40. The molecule has 2 heterocycles. The molecule has 1 N–H and O–H groups in total. The minimum atomic E-state index is -4.77. The molecular formula is C23H19ClF6N2O3S2. The summed E-state index contributed by atoms with van der Waals surface area (Å²) in [5, 5.41) is 0. The van der Waals surface area contributed by atoms with Crippen LogP contribution in [0.2, 0.25) is 4.34 Å². The van der Waals surface area contributed by atoms with E-state index in [-0.39, 0.29) is 15.6 Å². The van der Waals surface area contributed by atoms with Gasteiger partial charge < -0.3 is 9.64 Å². The van der Waals surface area contributed by atoms with Crippen molar-refractivity contribution in [2.24, 2.45) is 0 Å². The van der Waals surface area contributed by atoms with Crippen molar-refractivity contribution in [3.8, 4) is 16.9 Å². The fraction of sp³-hybridized carbons (Fsp3) is 0.304. The molecule has 37 heavy (non-hydrogen) atoms. The lowest BCUT2D eigenvalue weighted by Crippen LogP contribution is -2.23. The molecule has 4 rings (SSSR count). The summed E-state index contributed by atoms with van der Waals surface area (Å²) < 4.78 is 115. The number of thiophene rings is 1. The first-order valence-electron chi connectivity index (χ1n) is 10.7. The molecule has 1 aliphatic rings. The zero-order valence-electron chi connectivity index (χ0n) is 19.0. The van der Waals surface area contributed by atoms with Crippen molar-refractivity contribution in [1.82, 2.24) is 4.90 Å². The summed E-state index contributed by atoms with van der Waals surface area (Å²) in [6.07, 6.45) is -9.57. The van der Waals surface area contributed by atoms with Crippen LogP contribution in [0.3, 0.4) is 0 Å². The Labute approximate surface area is 217 Å². The van der Waals surface area contributed by atoms with Gasteiger partial charge in [-0.25, -0.2) is 8.42 Å². The van der Waals surface area contributed by atoms with Crippen molar-refractivity contribution >= 4 is 38.6 Å². The van der Waals surface area contributed by atoms with Crippen LogP contribution in [-0.2, 0) is 22.4 Å². The first-order chi connectivity index (χ1) is 17.1. The van der Waals surface area contributed by atoms with Crippen molar-refractivity contribution in [2.45, 2.75) is 29.1 Å². The lowest BCUT2D eigenvalue weighted by molar-refractivity contribution is -0.139. The Balaban J connectivity index is 1.72. The molecule has 0 aliphatic carbocycles. The Kier molecular flexibility index (Phi) is 7.45. The van der Waals surface area contributed by atoms with Gasteiger partial charge in [-0.2, -0.15) is 26.3 Å². The van der Waals surface area contributed by atoms with Crippen molar-refractivity contribution in [3.05, 3.63) is 64.0 Å². The van der Waals surface area contributed by atoms with E-state index in [1.54, 1.807) is 7.05 Å². The highest BCUT2D eigenvalue weighted by atomic mass is 35.5. The molecule has 14 heteroatoms. The lowest BCUT2D eigenvalue weighted by atomic mass is 10.0. The van der Waals surface area contributed by atoms with Gasteiger partial charge in [-0.3, -0.25) is 4.72 Å². The minimum Gasteiger partial charge on any atom is -0.488 e. The Morgan fingerprint density at radius 2 is 1.68 bits per heavy atom. The number of halogens is 7. The number of hydrogen-bond donors (Lipinski definition) is 1. The van der Waals surface area contributed by atoms with E-state index in [1.165, 1.54) is 12.1 Å². The highest BCUT2D eigenvalue weighted by Crippen LogP contribution is 2.44. The maximum absolute atomic E-state index is 13.6. The van der Waals surface area contributed by atoms with Crippen LogP contribution in [-0.4, -0.2) is 39.6 Å². The molecule has 1 fully saturated rings. The molecule has 1 aromatic heterocycles. The Morgan fingerprint density at radius 1 is 1.00 bits per heavy atom. The molecule has 0 unspecified atom stereocenters. The Morgan fingerprint density at radius 3 is 2.30 bits per heavy atom. The zero-order chi connectivity index (χ0) is 27.2. The van der Waals surface area contributed by atoms with Gasteiger partial charge in [-0.05, 0) is 43.3 Å². The Hall–Kier alpha value is -2.48. The molecule has 5 nitrogen and oxygen atoms in total. The molecule has 200 valence electrons. The number of nitrogens with one attached hydrogen (secondary N) is 1. The Bertz CT molecular complexity index is 1410. The second-order valence-corrected chi connectivity index (χ2v) is 12.0. The van der Waals surface area contributed by atoms with Gasteiger partial charge in [0.1, 0.15) is 16.1 Å². The first kappa shape index (κ1) is 27.6. The van der Waals surface area contributed by atoms with E-state index in [2.05, 4.69) is 4.72 Å². The summed E-state index contributed by atoms with van der Waals surface area (Å²) in [5.74, 6) is -0.556. The molecule has 0 amide bonds. The van der Waals surface area contributed by atoms with Crippen LogP contribution >= 0.6 is 22.9 Å². The van der Waals surface area contributed by atoms with Gasteiger partial charge in [0.05, 0.1) is 21.2 Å². The lowest BCUT2D eigenvalue weighted by Gasteiger charge is -2.19. The van der Waals surface area contributed by atoms with E-state index in [0.717, 1.165) is 30.3 Å². The number of sulfonamides is 1. The topological polar surface area (TPSA) is 58.6 Å². The van der Waals surface area contributed by atoms with Crippen LogP contribution in [0.5, 0.6) is 5.75 Å². The molecule has 1 atom stereocenters. The van der Waals surface area contributed by atoms with Crippen LogP contribution in [0.4, 0.5) is 32.0 Å². The molecule has 1 saturated heterocycles. The summed E-state index contributed by atoms with van der Waals surface area (Å²) in [6.45, 7) is 1.02. The van der Waals surface area contributed by atoms with Gasteiger partial charge in [-0.1, -0.05) is 29.8 Å². The summed E-state index contributed by atoms with van der Waals surface area (Å²) in [7, 11) is -2.77. The average Bonchev–Trinajstić information content (AvgIpc) is 3.38. The van der Waals surface area contributed by atoms with Crippen LogP contribution in [0.15, 0.2) is 52.7 Å². The average molecular weight is 585 g/mol. The number of anilines is 1. The number of alkyl halides is 6. The number of nitrogens with zero attached hydrogens (tertiary/aromatic N) is 1. The van der Waals surface area contributed by atoms with Crippen LogP contribution < -0.4 is 9.46 Å². The predicted octanol–water partition coefficient (Wildman–Crippen LogP) is 6.99. The molecule has 2 aromatic carbocycles. The number of likely N-dealkylation sites (tertiary alicyclic amines) is 1. The van der Waals surface area contributed by atoms with E-state index in [1.807, 2.05) is 4.90 Å². The third kappa shape index (κ3) is 6.16. The SMILES string of the molecule is CN1CC[C@@H](Oc2cc(NS(=O)(=O)c3sc(Cl)cc3-c3ccccc3C(F)(F)F)ccc2C(F)(F)F)C1. The van der Waals surface area contributed by atoms with Crippen LogP contribution in [0.1, 0.15) is 17.5 Å². The van der Waals surface area contributed by atoms with Gasteiger partial charge in [0.15, 0.2) is 0 Å². The number of benzene rings is 2. The van der Waals surface area contributed by atoms with Crippen molar-refractivity contribution < 1.29 is 39.5 Å². The third-order valence-electron chi connectivity index (χ3n) is 5.62. The number of rotatable bonds is 6. The summed E-state index contributed by atoms with van der Waals surface area (Å²) in [5.41, 5.74) is -3.08. The normalized spacial score (nSPS) is 17.2. The molecule has 3 aromatic rings. The number of likely N-dealkylation sites (N-methyl/N-ethyl adjacent to an activating group) is 1. The number of ether oxygens (including phenoxy) is 1.